The zero-order valence-corrected chi connectivity index (χ0v) is 11.5. The van der Waals surface area contributed by atoms with Crippen LogP contribution in [0, 0.1) is 22.0 Å². The lowest BCUT2D eigenvalue weighted by Gasteiger charge is -1.99. The minimum Gasteiger partial charge on any atom is -0.508 e. The quantitative estimate of drug-likeness (QED) is 0.420. The first-order chi connectivity index (χ1) is 10.6. The number of benzene rings is 3. The topological polar surface area (TPSA) is 63.4 Å². The Morgan fingerprint density at radius 3 is 2.14 bits per heavy atom. The Labute approximate surface area is 126 Å². The van der Waals surface area contributed by atoms with Gasteiger partial charge < -0.3 is 5.11 Å². The van der Waals surface area contributed by atoms with Crippen molar-refractivity contribution >= 4 is 16.5 Å². The first kappa shape index (κ1) is 13.7. The van der Waals surface area contributed by atoms with Crippen molar-refractivity contribution in [3.8, 4) is 17.6 Å². The second-order valence-corrected chi connectivity index (χ2v) is 4.80. The molecule has 0 amide bonds. The predicted octanol–water partition coefficient (Wildman–Crippen LogP) is 3.85. The molecule has 0 aliphatic carbocycles. The molecule has 22 heavy (non-hydrogen) atoms. The van der Waals surface area contributed by atoms with Crippen LogP contribution in [0.5, 0.6) is 5.75 Å². The van der Waals surface area contributed by atoms with Gasteiger partial charge in [0.25, 0.3) is 5.69 Å². The molecule has 1 N–H and O–H groups in total. The van der Waals surface area contributed by atoms with E-state index in [1.54, 1.807) is 24.3 Å². The molecule has 4 heteroatoms. The van der Waals surface area contributed by atoms with Gasteiger partial charge in [-0.15, -0.1) is 0 Å². The summed E-state index contributed by atoms with van der Waals surface area (Å²) in [5.41, 5.74) is 1.61. The molecule has 4 nitrogen and oxygen atoms in total. The summed E-state index contributed by atoms with van der Waals surface area (Å²) in [6, 6.07) is 17.0. The molecule has 0 aliphatic heterocycles. The lowest BCUT2D eigenvalue weighted by Crippen LogP contribution is -1.86. The van der Waals surface area contributed by atoms with Gasteiger partial charge in [0.15, 0.2) is 0 Å². The molecule has 3 aromatic carbocycles. The molecule has 106 valence electrons. The van der Waals surface area contributed by atoms with E-state index in [0.29, 0.717) is 0 Å². The van der Waals surface area contributed by atoms with Crippen molar-refractivity contribution in [1.82, 2.24) is 0 Å². The van der Waals surface area contributed by atoms with Crippen molar-refractivity contribution < 1.29 is 10.0 Å². The van der Waals surface area contributed by atoms with Crippen molar-refractivity contribution in [3.05, 3.63) is 81.9 Å². The van der Waals surface area contributed by atoms with E-state index in [2.05, 4.69) is 11.8 Å². The normalized spacial score (nSPS) is 10.0. The van der Waals surface area contributed by atoms with Crippen LogP contribution in [0.1, 0.15) is 11.1 Å². The Morgan fingerprint density at radius 1 is 0.818 bits per heavy atom. The van der Waals surface area contributed by atoms with Gasteiger partial charge in [0.1, 0.15) is 5.75 Å². The number of nitro groups is 1. The molecule has 0 aromatic heterocycles. The highest BCUT2D eigenvalue weighted by Crippen LogP contribution is 2.20. The van der Waals surface area contributed by atoms with Crippen LogP contribution in [0.15, 0.2) is 60.7 Å². The van der Waals surface area contributed by atoms with E-state index in [9.17, 15) is 15.2 Å². The fourth-order valence-electron chi connectivity index (χ4n) is 2.12. The van der Waals surface area contributed by atoms with Crippen LogP contribution in [0.2, 0.25) is 0 Å². The molecular weight excluding hydrogens is 278 g/mol. The SMILES string of the molecule is O=[N+]([O-])c1ccc(C#Cc2ccc3cc(O)ccc3c2)cc1. The third-order valence-electron chi connectivity index (χ3n) is 3.25. The van der Waals surface area contributed by atoms with Crippen molar-refractivity contribution in [1.29, 1.82) is 0 Å². The highest BCUT2D eigenvalue weighted by molar-refractivity contribution is 5.85. The highest BCUT2D eigenvalue weighted by atomic mass is 16.6. The number of non-ortho nitro benzene ring substituents is 1. The minimum absolute atomic E-state index is 0.0519. The fraction of sp³-hybridized carbons (Fsp3) is 0. The largest absolute Gasteiger partial charge is 0.508 e. The summed E-state index contributed by atoms with van der Waals surface area (Å²) >= 11 is 0. The summed E-state index contributed by atoms with van der Waals surface area (Å²) in [5.74, 6) is 6.25. The summed E-state index contributed by atoms with van der Waals surface area (Å²) in [7, 11) is 0. The van der Waals surface area contributed by atoms with E-state index in [0.717, 1.165) is 21.9 Å². The minimum atomic E-state index is -0.435. The van der Waals surface area contributed by atoms with E-state index < -0.39 is 4.92 Å². The summed E-state index contributed by atoms with van der Waals surface area (Å²) < 4.78 is 0. The number of fused-ring (bicyclic) bond motifs is 1. The average Bonchev–Trinajstić information content (AvgIpc) is 2.53. The summed E-state index contributed by atoms with van der Waals surface area (Å²) in [6.45, 7) is 0. The molecule has 0 spiro atoms. The predicted molar refractivity (Wildman–Crippen MR) is 84.7 cm³/mol. The third kappa shape index (κ3) is 2.89. The number of phenols is 1. The summed E-state index contributed by atoms with van der Waals surface area (Å²) in [4.78, 5) is 10.2. The second-order valence-electron chi connectivity index (χ2n) is 4.80. The van der Waals surface area contributed by atoms with Gasteiger partial charge in [-0.2, -0.15) is 0 Å². The van der Waals surface area contributed by atoms with Crippen LogP contribution < -0.4 is 0 Å². The Balaban J connectivity index is 1.90. The maximum atomic E-state index is 10.6. The van der Waals surface area contributed by atoms with Crippen LogP contribution in [0.25, 0.3) is 10.8 Å². The van der Waals surface area contributed by atoms with E-state index >= 15 is 0 Å². The highest BCUT2D eigenvalue weighted by Gasteiger charge is 2.02. The van der Waals surface area contributed by atoms with Crippen LogP contribution in [0.3, 0.4) is 0 Å². The molecule has 0 saturated carbocycles. The molecule has 0 heterocycles. The van der Waals surface area contributed by atoms with Crippen LogP contribution >= 0.6 is 0 Å². The second kappa shape index (κ2) is 5.58. The van der Waals surface area contributed by atoms with Gasteiger partial charge in [-0.05, 0) is 47.2 Å². The van der Waals surface area contributed by atoms with Crippen LogP contribution in [0.4, 0.5) is 5.69 Å². The number of hydrogen-bond acceptors (Lipinski definition) is 3. The van der Waals surface area contributed by atoms with Gasteiger partial charge in [0.05, 0.1) is 4.92 Å². The number of hydrogen-bond donors (Lipinski definition) is 1. The van der Waals surface area contributed by atoms with Gasteiger partial charge in [-0.1, -0.05) is 24.0 Å². The Morgan fingerprint density at radius 2 is 1.41 bits per heavy atom. The number of nitro benzene ring substituents is 1. The fourth-order valence-corrected chi connectivity index (χ4v) is 2.12. The number of phenolic OH excluding ortho intramolecular Hbond substituents is 1. The number of aromatic hydroxyl groups is 1. The Hall–Kier alpha value is -3.32. The molecule has 0 aliphatic rings. The molecule has 0 saturated heterocycles. The van der Waals surface area contributed by atoms with E-state index in [-0.39, 0.29) is 11.4 Å². The monoisotopic (exact) mass is 289 g/mol. The third-order valence-corrected chi connectivity index (χ3v) is 3.25. The lowest BCUT2D eigenvalue weighted by molar-refractivity contribution is -0.384. The van der Waals surface area contributed by atoms with Crippen LogP contribution in [-0.4, -0.2) is 10.0 Å². The van der Waals surface area contributed by atoms with Gasteiger partial charge in [0.2, 0.25) is 0 Å². The maximum Gasteiger partial charge on any atom is 0.269 e. The van der Waals surface area contributed by atoms with Gasteiger partial charge in [-0.25, -0.2) is 0 Å². The average molecular weight is 289 g/mol. The number of nitrogens with zero attached hydrogens (tertiary/aromatic N) is 1. The molecule has 3 aromatic rings. The zero-order valence-electron chi connectivity index (χ0n) is 11.5. The molecule has 0 atom stereocenters. The smallest absolute Gasteiger partial charge is 0.269 e. The molecule has 0 fully saturated rings. The molecule has 0 bridgehead atoms. The van der Waals surface area contributed by atoms with E-state index in [1.165, 1.54) is 12.1 Å². The Bertz CT molecular complexity index is 918. The first-order valence-electron chi connectivity index (χ1n) is 6.61. The lowest BCUT2D eigenvalue weighted by atomic mass is 10.1. The maximum absolute atomic E-state index is 10.6. The van der Waals surface area contributed by atoms with Gasteiger partial charge in [0, 0.05) is 23.3 Å². The summed E-state index contributed by atoms with van der Waals surface area (Å²) in [5, 5.41) is 22.0. The Kier molecular flexibility index (Phi) is 3.47. The number of rotatable bonds is 1. The van der Waals surface area contributed by atoms with Crippen molar-refractivity contribution in [2.24, 2.45) is 0 Å². The van der Waals surface area contributed by atoms with E-state index in [4.69, 9.17) is 0 Å². The van der Waals surface area contributed by atoms with Gasteiger partial charge in [-0.3, -0.25) is 10.1 Å². The van der Waals surface area contributed by atoms with Crippen molar-refractivity contribution in [2.45, 2.75) is 0 Å². The first-order valence-corrected chi connectivity index (χ1v) is 6.61. The molecule has 3 rings (SSSR count). The van der Waals surface area contributed by atoms with E-state index in [1.807, 2.05) is 24.3 Å². The van der Waals surface area contributed by atoms with Crippen molar-refractivity contribution in [2.75, 3.05) is 0 Å². The molecule has 0 unspecified atom stereocenters. The van der Waals surface area contributed by atoms with Gasteiger partial charge >= 0.3 is 0 Å². The molecular formula is C18H11NO3. The van der Waals surface area contributed by atoms with Crippen LogP contribution in [-0.2, 0) is 0 Å². The standard InChI is InChI=1S/C18H11NO3/c20-18-10-7-15-11-14(3-6-16(15)12-18)2-1-13-4-8-17(9-5-13)19(21)22/h3-12,20H. The summed E-state index contributed by atoms with van der Waals surface area (Å²) in [6.07, 6.45) is 0. The zero-order chi connectivity index (χ0) is 15.5. The van der Waals surface area contributed by atoms with Crippen molar-refractivity contribution in [3.63, 3.8) is 0 Å². The molecule has 0 radical (unpaired) electrons.